The number of hydrogen-bond acceptors (Lipinski definition) is 3. The Morgan fingerprint density at radius 2 is 2.31 bits per heavy atom. The van der Waals surface area contributed by atoms with E-state index in [1.165, 1.54) is 31.4 Å². The van der Waals surface area contributed by atoms with Gasteiger partial charge >= 0.3 is 0 Å². The first kappa shape index (κ1) is 11.6. The van der Waals surface area contributed by atoms with Gasteiger partial charge in [-0.15, -0.1) is 0 Å². The second kappa shape index (κ2) is 5.41. The van der Waals surface area contributed by atoms with Crippen LogP contribution in [0.5, 0.6) is 0 Å². The molecule has 0 bridgehead atoms. The fraction of sp³-hybridized carbons (Fsp3) is 0.615. The van der Waals surface area contributed by atoms with Gasteiger partial charge in [-0.05, 0) is 37.9 Å². The third-order valence-corrected chi connectivity index (χ3v) is 3.38. The van der Waals surface area contributed by atoms with E-state index in [0.29, 0.717) is 6.04 Å². The molecule has 0 aliphatic carbocycles. The first-order valence-corrected chi connectivity index (χ1v) is 6.15. The topological polar surface area (TPSA) is 42.1 Å². The van der Waals surface area contributed by atoms with Crippen molar-refractivity contribution in [1.29, 1.82) is 0 Å². The molecule has 1 saturated heterocycles. The van der Waals surface area contributed by atoms with Gasteiger partial charge < -0.3 is 5.73 Å². The predicted molar refractivity (Wildman–Crippen MR) is 66.1 cm³/mol. The molecule has 0 saturated carbocycles. The zero-order valence-electron chi connectivity index (χ0n) is 10.0. The summed E-state index contributed by atoms with van der Waals surface area (Å²) in [4.78, 5) is 6.83. The van der Waals surface area contributed by atoms with E-state index >= 15 is 0 Å². The van der Waals surface area contributed by atoms with Crippen molar-refractivity contribution in [1.82, 2.24) is 9.88 Å². The average Bonchev–Trinajstić information content (AvgIpc) is 2.33. The van der Waals surface area contributed by atoms with Crippen LogP contribution in [0, 0.1) is 6.92 Å². The highest BCUT2D eigenvalue weighted by atomic mass is 15.2. The first-order valence-electron chi connectivity index (χ1n) is 6.15. The van der Waals surface area contributed by atoms with Crippen molar-refractivity contribution in [2.75, 3.05) is 13.1 Å². The lowest BCUT2D eigenvalue weighted by Crippen LogP contribution is -2.43. The zero-order valence-corrected chi connectivity index (χ0v) is 10.0. The normalized spacial score (nSPS) is 22.2. The Morgan fingerprint density at radius 3 is 3.00 bits per heavy atom. The van der Waals surface area contributed by atoms with Gasteiger partial charge in [0.25, 0.3) is 0 Å². The third-order valence-electron chi connectivity index (χ3n) is 3.38. The lowest BCUT2D eigenvalue weighted by atomic mass is 10.0. The molecular weight excluding hydrogens is 198 g/mol. The van der Waals surface area contributed by atoms with Crippen LogP contribution in [-0.2, 0) is 6.54 Å². The Bertz CT molecular complexity index is 320. The van der Waals surface area contributed by atoms with Gasteiger partial charge in [0, 0.05) is 31.0 Å². The second-order valence-corrected chi connectivity index (χ2v) is 4.66. The number of pyridine rings is 1. The monoisotopic (exact) mass is 219 g/mol. The molecule has 2 N–H and O–H groups in total. The molecule has 0 amide bonds. The summed E-state index contributed by atoms with van der Waals surface area (Å²) in [5.41, 5.74) is 8.19. The lowest BCUT2D eigenvalue weighted by molar-refractivity contribution is 0.144. The number of nitrogens with two attached hydrogens (primary N) is 1. The van der Waals surface area contributed by atoms with Gasteiger partial charge in [0.1, 0.15) is 0 Å². The summed E-state index contributed by atoms with van der Waals surface area (Å²) in [6.45, 7) is 4.97. The largest absolute Gasteiger partial charge is 0.329 e. The SMILES string of the molecule is Cc1ccc(CN2CCCC[C@H]2CN)cn1. The second-order valence-electron chi connectivity index (χ2n) is 4.66. The summed E-state index contributed by atoms with van der Waals surface area (Å²) in [5.74, 6) is 0. The highest BCUT2D eigenvalue weighted by Crippen LogP contribution is 2.18. The van der Waals surface area contributed by atoms with E-state index in [0.717, 1.165) is 18.8 Å². The Morgan fingerprint density at radius 1 is 1.44 bits per heavy atom. The van der Waals surface area contributed by atoms with Gasteiger partial charge in [-0.1, -0.05) is 12.5 Å². The molecule has 1 aliphatic heterocycles. The van der Waals surface area contributed by atoms with Crippen molar-refractivity contribution in [3.05, 3.63) is 29.6 Å². The van der Waals surface area contributed by atoms with Crippen LogP contribution in [0.3, 0.4) is 0 Å². The highest BCUT2D eigenvalue weighted by Gasteiger charge is 2.20. The number of likely N-dealkylation sites (tertiary alicyclic amines) is 1. The molecule has 1 atom stereocenters. The van der Waals surface area contributed by atoms with Crippen LogP contribution in [0.4, 0.5) is 0 Å². The molecular formula is C13H21N3. The van der Waals surface area contributed by atoms with Crippen molar-refractivity contribution in [2.45, 2.75) is 38.8 Å². The van der Waals surface area contributed by atoms with Gasteiger partial charge in [-0.25, -0.2) is 0 Å². The molecule has 0 radical (unpaired) electrons. The molecule has 2 rings (SSSR count). The summed E-state index contributed by atoms with van der Waals surface area (Å²) in [6, 6.07) is 4.82. The minimum atomic E-state index is 0.565. The van der Waals surface area contributed by atoms with Gasteiger partial charge in [0.2, 0.25) is 0 Å². The van der Waals surface area contributed by atoms with Gasteiger partial charge in [-0.2, -0.15) is 0 Å². The number of piperidine rings is 1. The summed E-state index contributed by atoms with van der Waals surface area (Å²) in [6.07, 6.45) is 5.85. The quantitative estimate of drug-likeness (QED) is 0.841. The minimum Gasteiger partial charge on any atom is -0.329 e. The molecule has 0 unspecified atom stereocenters. The van der Waals surface area contributed by atoms with E-state index in [4.69, 9.17) is 5.73 Å². The summed E-state index contributed by atoms with van der Waals surface area (Å²) in [5, 5.41) is 0. The van der Waals surface area contributed by atoms with Crippen LogP contribution in [0.1, 0.15) is 30.5 Å². The molecule has 88 valence electrons. The van der Waals surface area contributed by atoms with Gasteiger partial charge in [0.15, 0.2) is 0 Å². The molecule has 16 heavy (non-hydrogen) atoms. The highest BCUT2D eigenvalue weighted by molar-refractivity contribution is 5.13. The molecule has 1 aliphatic rings. The summed E-state index contributed by atoms with van der Waals surface area (Å²) in [7, 11) is 0. The number of nitrogens with zero attached hydrogens (tertiary/aromatic N) is 2. The molecule has 3 nitrogen and oxygen atoms in total. The van der Waals surface area contributed by atoms with Crippen LogP contribution in [0.25, 0.3) is 0 Å². The zero-order chi connectivity index (χ0) is 11.4. The number of rotatable bonds is 3. The standard InChI is InChI=1S/C13H21N3/c1-11-5-6-12(9-15-11)10-16-7-3-2-4-13(16)8-14/h5-6,9,13H,2-4,7-8,10,14H2,1H3/t13-/m0/s1. The maximum Gasteiger partial charge on any atom is 0.0372 e. The van der Waals surface area contributed by atoms with E-state index < -0.39 is 0 Å². The Hall–Kier alpha value is -0.930. The number of aryl methyl sites for hydroxylation is 1. The van der Waals surface area contributed by atoms with Crippen LogP contribution in [-0.4, -0.2) is 29.0 Å². The van der Waals surface area contributed by atoms with E-state index in [1.807, 2.05) is 13.1 Å². The summed E-state index contributed by atoms with van der Waals surface area (Å²) < 4.78 is 0. The maximum atomic E-state index is 5.81. The van der Waals surface area contributed by atoms with Crippen molar-refractivity contribution in [2.24, 2.45) is 5.73 Å². The van der Waals surface area contributed by atoms with Crippen LogP contribution < -0.4 is 5.73 Å². The Kier molecular flexibility index (Phi) is 3.91. The van der Waals surface area contributed by atoms with Crippen molar-refractivity contribution in [3.63, 3.8) is 0 Å². The number of hydrogen-bond donors (Lipinski definition) is 1. The van der Waals surface area contributed by atoms with E-state index in [-0.39, 0.29) is 0 Å². The summed E-state index contributed by atoms with van der Waals surface area (Å²) >= 11 is 0. The smallest absolute Gasteiger partial charge is 0.0372 e. The first-order chi connectivity index (χ1) is 7.79. The molecule has 1 fully saturated rings. The van der Waals surface area contributed by atoms with Crippen molar-refractivity contribution < 1.29 is 0 Å². The molecule has 0 spiro atoms. The molecule has 3 heteroatoms. The minimum absolute atomic E-state index is 0.565. The van der Waals surface area contributed by atoms with Gasteiger partial charge in [-0.3, -0.25) is 9.88 Å². The predicted octanol–water partition coefficient (Wildman–Crippen LogP) is 1.70. The fourth-order valence-corrected chi connectivity index (χ4v) is 2.36. The number of aromatic nitrogens is 1. The third kappa shape index (κ3) is 2.80. The van der Waals surface area contributed by atoms with Crippen LogP contribution >= 0.6 is 0 Å². The Balaban J connectivity index is 1.99. The van der Waals surface area contributed by atoms with Crippen LogP contribution in [0.15, 0.2) is 18.3 Å². The van der Waals surface area contributed by atoms with Crippen LogP contribution in [0.2, 0.25) is 0 Å². The molecule has 2 heterocycles. The lowest BCUT2D eigenvalue weighted by Gasteiger charge is -2.34. The Labute approximate surface area is 97.7 Å². The fourth-order valence-electron chi connectivity index (χ4n) is 2.36. The van der Waals surface area contributed by atoms with Crippen molar-refractivity contribution >= 4 is 0 Å². The molecule has 1 aromatic heterocycles. The van der Waals surface area contributed by atoms with E-state index in [9.17, 15) is 0 Å². The van der Waals surface area contributed by atoms with E-state index in [1.54, 1.807) is 0 Å². The van der Waals surface area contributed by atoms with Crippen molar-refractivity contribution in [3.8, 4) is 0 Å². The van der Waals surface area contributed by atoms with Gasteiger partial charge in [0.05, 0.1) is 0 Å². The molecule has 0 aromatic carbocycles. The molecule has 1 aromatic rings. The average molecular weight is 219 g/mol. The maximum absolute atomic E-state index is 5.81. The van der Waals surface area contributed by atoms with E-state index in [2.05, 4.69) is 22.0 Å².